The molecule has 0 aliphatic rings. The summed E-state index contributed by atoms with van der Waals surface area (Å²) >= 11 is 0. The molecule has 0 bridgehead atoms. The quantitative estimate of drug-likeness (QED) is 0.323. The minimum atomic E-state index is 0.0251. The molecule has 0 aliphatic heterocycles. The Labute approximate surface area is 146 Å². The van der Waals surface area contributed by atoms with Crippen molar-refractivity contribution in [3.63, 3.8) is 0 Å². The van der Waals surface area contributed by atoms with Gasteiger partial charge in [0.25, 0.3) is 0 Å². The van der Waals surface area contributed by atoms with E-state index in [4.69, 9.17) is 32.4 Å². The van der Waals surface area contributed by atoms with Crippen LogP contribution in [0.3, 0.4) is 0 Å². The van der Waals surface area contributed by atoms with Gasteiger partial charge in [0.2, 0.25) is 0 Å². The number of benzene rings is 2. The van der Waals surface area contributed by atoms with Crippen LogP contribution in [0.5, 0.6) is 11.5 Å². The van der Waals surface area contributed by atoms with Crippen molar-refractivity contribution in [2.45, 2.75) is 6.42 Å². The summed E-state index contributed by atoms with van der Waals surface area (Å²) in [6, 6.07) is 14.4. The van der Waals surface area contributed by atoms with Crippen molar-refractivity contribution in [2.24, 2.45) is 32.9 Å². The van der Waals surface area contributed by atoms with E-state index in [-0.39, 0.29) is 11.9 Å². The molecule has 0 aliphatic carbocycles. The second-order valence-corrected chi connectivity index (χ2v) is 5.11. The number of ether oxygens (including phenoxy) is 2. The third-order valence-corrected chi connectivity index (χ3v) is 3.02. The third kappa shape index (κ3) is 6.69. The van der Waals surface area contributed by atoms with E-state index in [1.54, 1.807) is 24.3 Å². The molecule has 8 N–H and O–H groups in total. The average Bonchev–Trinajstić information content (AvgIpc) is 2.56. The highest BCUT2D eigenvalue weighted by atomic mass is 16.5. The molecule has 25 heavy (non-hydrogen) atoms. The van der Waals surface area contributed by atoms with Gasteiger partial charge in [0.05, 0.1) is 24.6 Å². The Bertz CT molecular complexity index is 654. The molecular formula is C17H22N6O2. The van der Waals surface area contributed by atoms with Crippen LogP contribution in [-0.2, 0) is 0 Å². The summed E-state index contributed by atoms with van der Waals surface area (Å²) in [4.78, 5) is 7.88. The zero-order valence-corrected chi connectivity index (χ0v) is 13.8. The van der Waals surface area contributed by atoms with E-state index in [1.165, 1.54) is 0 Å². The van der Waals surface area contributed by atoms with Gasteiger partial charge in [0.15, 0.2) is 11.9 Å². The molecule has 2 aromatic carbocycles. The van der Waals surface area contributed by atoms with Crippen LogP contribution in [0, 0.1) is 0 Å². The van der Waals surface area contributed by atoms with Crippen LogP contribution in [0.2, 0.25) is 0 Å². The molecular weight excluding hydrogens is 320 g/mol. The largest absolute Gasteiger partial charge is 0.493 e. The highest BCUT2D eigenvalue weighted by Gasteiger charge is 1.98. The van der Waals surface area contributed by atoms with Gasteiger partial charge in [0.1, 0.15) is 11.5 Å². The lowest BCUT2D eigenvalue weighted by Gasteiger charge is -2.08. The highest BCUT2D eigenvalue weighted by Crippen LogP contribution is 2.19. The van der Waals surface area contributed by atoms with E-state index in [2.05, 4.69) is 9.98 Å². The predicted octanol–water partition coefficient (Wildman–Crippen LogP) is 1.34. The van der Waals surface area contributed by atoms with Gasteiger partial charge in [-0.2, -0.15) is 0 Å². The zero-order chi connectivity index (χ0) is 18.1. The highest BCUT2D eigenvalue weighted by molar-refractivity contribution is 5.79. The van der Waals surface area contributed by atoms with Crippen LogP contribution in [0.15, 0.2) is 58.5 Å². The topological polar surface area (TPSA) is 147 Å². The first kappa shape index (κ1) is 17.9. The smallest absolute Gasteiger partial charge is 0.191 e. The monoisotopic (exact) mass is 342 g/mol. The van der Waals surface area contributed by atoms with Crippen LogP contribution in [0.1, 0.15) is 6.42 Å². The summed E-state index contributed by atoms with van der Waals surface area (Å²) in [5.41, 5.74) is 22.6. The van der Waals surface area contributed by atoms with Gasteiger partial charge in [-0.1, -0.05) is 0 Å². The molecule has 0 heterocycles. The zero-order valence-electron chi connectivity index (χ0n) is 13.8. The van der Waals surface area contributed by atoms with Crippen molar-refractivity contribution >= 4 is 23.3 Å². The Morgan fingerprint density at radius 1 is 0.640 bits per heavy atom. The van der Waals surface area contributed by atoms with Crippen LogP contribution in [0.4, 0.5) is 11.4 Å². The van der Waals surface area contributed by atoms with Gasteiger partial charge in [-0.25, -0.2) is 9.98 Å². The van der Waals surface area contributed by atoms with E-state index in [0.717, 1.165) is 17.9 Å². The summed E-state index contributed by atoms with van der Waals surface area (Å²) < 4.78 is 11.3. The fourth-order valence-corrected chi connectivity index (χ4v) is 1.97. The lowest BCUT2D eigenvalue weighted by Crippen LogP contribution is -2.21. The van der Waals surface area contributed by atoms with Gasteiger partial charge in [-0.3, -0.25) is 0 Å². The van der Waals surface area contributed by atoms with Gasteiger partial charge in [-0.05, 0) is 48.5 Å². The lowest BCUT2D eigenvalue weighted by atomic mass is 10.3. The molecule has 0 saturated carbocycles. The van der Waals surface area contributed by atoms with Crippen molar-refractivity contribution in [1.82, 2.24) is 0 Å². The van der Waals surface area contributed by atoms with Crippen LogP contribution in [-0.4, -0.2) is 25.1 Å². The molecule has 0 atom stereocenters. The SMILES string of the molecule is NC(N)=Nc1ccc(OCCCOc2ccc(N=C(N)N)cc2)cc1. The molecule has 0 amide bonds. The summed E-state index contributed by atoms with van der Waals surface area (Å²) in [5.74, 6) is 1.54. The number of hydrogen-bond acceptors (Lipinski definition) is 4. The normalized spacial score (nSPS) is 9.92. The molecule has 2 aromatic rings. The minimum absolute atomic E-state index is 0.0251. The van der Waals surface area contributed by atoms with Crippen molar-refractivity contribution in [3.05, 3.63) is 48.5 Å². The first-order chi connectivity index (χ1) is 12.0. The molecule has 0 spiro atoms. The van der Waals surface area contributed by atoms with Crippen LogP contribution >= 0.6 is 0 Å². The predicted molar refractivity (Wildman–Crippen MR) is 99.4 cm³/mol. The number of nitrogens with zero attached hydrogens (tertiary/aromatic N) is 2. The maximum absolute atomic E-state index is 5.63. The lowest BCUT2D eigenvalue weighted by molar-refractivity contribution is 0.247. The standard InChI is InChI=1S/C17H22N6O2/c18-16(19)22-12-2-6-14(7-3-12)24-10-1-11-25-15-8-4-13(5-9-15)23-17(20)21/h2-9H,1,10-11H2,(H4,18,19,22)(H4,20,21,23). The van der Waals surface area contributed by atoms with E-state index < -0.39 is 0 Å². The molecule has 132 valence electrons. The first-order valence-electron chi connectivity index (χ1n) is 7.68. The van der Waals surface area contributed by atoms with Crippen molar-refractivity contribution in [3.8, 4) is 11.5 Å². The molecule has 0 saturated heterocycles. The Morgan fingerprint density at radius 2 is 1.00 bits per heavy atom. The number of aliphatic imine (C=N–C) groups is 2. The van der Waals surface area contributed by atoms with Crippen LogP contribution < -0.4 is 32.4 Å². The van der Waals surface area contributed by atoms with E-state index in [0.29, 0.717) is 24.6 Å². The Morgan fingerprint density at radius 3 is 1.32 bits per heavy atom. The number of rotatable bonds is 8. The molecule has 0 aromatic heterocycles. The average molecular weight is 342 g/mol. The first-order valence-corrected chi connectivity index (χ1v) is 7.68. The maximum Gasteiger partial charge on any atom is 0.191 e. The van der Waals surface area contributed by atoms with Crippen LogP contribution in [0.25, 0.3) is 0 Å². The molecule has 2 rings (SSSR count). The Kier molecular flexibility index (Phi) is 6.47. The minimum Gasteiger partial charge on any atom is -0.493 e. The van der Waals surface area contributed by atoms with E-state index >= 15 is 0 Å². The number of hydrogen-bond donors (Lipinski definition) is 4. The summed E-state index contributed by atoms with van der Waals surface area (Å²) in [6.45, 7) is 1.07. The number of guanidine groups is 2. The van der Waals surface area contributed by atoms with E-state index in [9.17, 15) is 0 Å². The van der Waals surface area contributed by atoms with Crippen molar-refractivity contribution < 1.29 is 9.47 Å². The summed E-state index contributed by atoms with van der Waals surface area (Å²) in [7, 11) is 0. The Balaban J connectivity index is 1.69. The number of nitrogens with two attached hydrogens (primary N) is 4. The van der Waals surface area contributed by atoms with Gasteiger partial charge in [-0.15, -0.1) is 0 Å². The fourth-order valence-electron chi connectivity index (χ4n) is 1.97. The summed E-state index contributed by atoms with van der Waals surface area (Å²) in [5, 5.41) is 0. The Hall–Kier alpha value is -3.42. The summed E-state index contributed by atoms with van der Waals surface area (Å²) in [6.07, 6.45) is 0.741. The second-order valence-electron chi connectivity index (χ2n) is 5.11. The van der Waals surface area contributed by atoms with E-state index in [1.807, 2.05) is 24.3 Å². The molecule has 0 fully saturated rings. The maximum atomic E-state index is 5.63. The second kappa shape index (κ2) is 9.02. The van der Waals surface area contributed by atoms with Gasteiger partial charge < -0.3 is 32.4 Å². The third-order valence-electron chi connectivity index (χ3n) is 3.02. The molecule has 0 radical (unpaired) electrons. The van der Waals surface area contributed by atoms with Gasteiger partial charge in [0, 0.05) is 6.42 Å². The molecule has 0 unspecified atom stereocenters. The molecule has 8 heteroatoms. The van der Waals surface area contributed by atoms with Crippen molar-refractivity contribution in [1.29, 1.82) is 0 Å². The van der Waals surface area contributed by atoms with Gasteiger partial charge >= 0.3 is 0 Å². The fraction of sp³-hybridized carbons (Fsp3) is 0.176. The van der Waals surface area contributed by atoms with Crippen molar-refractivity contribution in [2.75, 3.05) is 13.2 Å². The molecule has 8 nitrogen and oxygen atoms in total.